The lowest BCUT2D eigenvalue weighted by Crippen LogP contribution is -2.49. The molecule has 1 aliphatic rings. The molecule has 146 valence electrons. The molecular weight excluding hydrogens is 374 g/mol. The molecule has 28 heavy (non-hydrogen) atoms. The van der Waals surface area contributed by atoms with Gasteiger partial charge in [0.1, 0.15) is 11.2 Å². The number of aromatic nitrogens is 2. The lowest BCUT2D eigenvalue weighted by molar-refractivity contribution is -0.145. The minimum Gasteiger partial charge on any atom is -0.467 e. The van der Waals surface area contributed by atoms with Gasteiger partial charge in [-0.15, -0.1) is 11.3 Å². The molecule has 3 aromatic rings. The van der Waals surface area contributed by atoms with Gasteiger partial charge in [-0.05, 0) is 26.3 Å². The van der Waals surface area contributed by atoms with Crippen LogP contribution in [0.5, 0.6) is 5.88 Å². The van der Waals surface area contributed by atoms with Crippen molar-refractivity contribution >= 4 is 27.5 Å². The fourth-order valence-electron chi connectivity index (χ4n) is 3.51. The Bertz CT molecular complexity index is 976. The molecule has 2 atom stereocenters. The molecule has 1 amide bonds. The molecule has 6 nitrogen and oxygen atoms in total. The Morgan fingerprint density at radius 3 is 2.64 bits per heavy atom. The molecule has 1 aromatic carbocycles. The largest absolute Gasteiger partial charge is 0.467 e. The third-order valence-corrected chi connectivity index (χ3v) is 5.69. The fourth-order valence-corrected chi connectivity index (χ4v) is 4.41. The number of carbonyl (C=O) groups is 1. The highest BCUT2D eigenvalue weighted by Gasteiger charge is 2.26. The normalized spacial score (nSPS) is 19.8. The fraction of sp³-hybridized carbons (Fsp3) is 0.381. The van der Waals surface area contributed by atoms with Crippen molar-refractivity contribution in [3.63, 3.8) is 0 Å². The second-order valence-electron chi connectivity index (χ2n) is 7.22. The number of hydrogen-bond acceptors (Lipinski definition) is 6. The number of morpholine rings is 1. The monoisotopic (exact) mass is 397 g/mol. The number of rotatable bonds is 4. The summed E-state index contributed by atoms with van der Waals surface area (Å²) in [6.07, 6.45) is 1.54. The van der Waals surface area contributed by atoms with Gasteiger partial charge in [0.15, 0.2) is 6.61 Å². The van der Waals surface area contributed by atoms with Crippen LogP contribution in [0.4, 0.5) is 0 Å². The molecular formula is C21H23N3O3S. The summed E-state index contributed by atoms with van der Waals surface area (Å²) >= 11 is 1.55. The quantitative estimate of drug-likeness (QED) is 0.672. The van der Waals surface area contributed by atoms with E-state index in [4.69, 9.17) is 9.47 Å². The van der Waals surface area contributed by atoms with Gasteiger partial charge in [-0.1, -0.05) is 29.8 Å². The molecule has 0 radical (unpaired) electrons. The van der Waals surface area contributed by atoms with Crippen molar-refractivity contribution in [2.75, 3.05) is 19.7 Å². The maximum atomic E-state index is 12.6. The summed E-state index contributed by atoms with van der Waals surface area (Å²) in [5.74, 6) is 0.394. The van der Waals surface area contributed by atoms with Crippen LogP contribution in [0.25, 0.3) is 21.3 Å². The Morgan fingerprint density at radius 1 is 1.21 bits per heavy atom. The van der Waals surface area contributed by atoms with E-state index in [9.17, 15) is 4.79 Å². The summed E-state index contributed by atoms with van der Waals surface area (Å²) in [6.45, 7) is 7.13. The van der Waals surface area contributed by atoms with Gasteiger partial charge in [0.05, 0.1) is 17.6 Å². The van der Waals surface area contributed by atoms with E-state index in [1.807, 2.05) is 13.8 Å². The van der Waals surface area contributed by atoms with Gasteiger partial charge in [0.2, 0.25) is 5.88 Å². The van der Waals surface area contributed by atoms with Crippen LogP contribution in [0.15, 0.2) is 36.0 Å². The van der Waals surface area contributed by atoms with Crippen LogP contribution in [0.1, 0.15) is 19.4 Å². The van der Waals surface area contributed by atoms with E-state index in [2.05, 4.69) is 46.5 Å². The van der Waals surface area contributed by atoms with Crippen LogP contribution in [-0.4, -0.2) is 52.7 Å². The third-order valence-electron chi connectivity index (χ3n) is 4.80. The highest BCUT2D eigenvalue weighted by Crippen LogP contribution is 2.37. The predicted octanol–water partition coefficient (Wildman–Crippen LogP) is 3.68. The van der Waals surface area contributed by atoms with Gasteiger partial charge in [0, 0.05) is 24.0 Å². The minimum absolute atomic E-state index is 0.0310. The lowest BCUT2D eigenvalue weighted by atomic mass is 10.0. The average Bonchev–Trinajstić information content (AvgIpc) is 3.10. The molecule has 0 saturated carbocycles. The van der Waals surface area contributed by atoms with Crippen LogP contribution < -0.4 is 4.74 Å². The molecule has 0 bridgehead atoms. The molecule has 1 aliphatic heterocycles. The van der Waals surface area contributed by atoms with Crippen LogP contribution in [-0.2, 0) is 9.53 Å². The maximum Gasteiger partial charge on any atom is 0.260 e. The van der Waals surface area contributed by atoms with Gasteiger partial charge in [-0.2, -0.15) is 0 Å². The van der Waals surface area contributed by atoms with E-state index in [1.54, 1.807) is 16.2 Å². The number of amides is 1. The second-order valence-corrected chi connectivity index (χ2v) is 8.08. The average molecular weight is 398 g/mol. The van der Waals surface area contributed by atoms with E-state index in [0.29, 0.717) is 19.0 Å². The number of aryl methyl sites for hydroxylation is 1. The number of thiophene rings is 1. The Kier molecular flexibility index (Phi) is 5.28. The summed E-state index contributed by atoms with van der Waals surface area (Å²) in [7, 11) is 0. The molecule has 0 aliphatic carbocycles. The Labute approximate surface area is 168 Å². The summed E-state index contributed by atoms with van der Waals surface area (Å²) in [6, 6.07) is 8.31. The SMILES string of the molecule is Cc1ccc(-c2csc3ncnc(OCC(=O)N4C[C@H](C)O[C@@H](C)C4)c23)cc1. The first-order chi connectivity index (χ1) is 13.5. The number of hydrogen-bond donors (Lipinski definition) is 0. The van der Waals surface area contributed by atoms with Gasteiger partial charge < -0.3 is 14.4 Å². The molecule has 0 spiro atoms. The van der Waals surface area contributed by atoms with Crippen molar-refractivity contribution in [1.29, 1.82) is 0 Å². The molecule has 3 heterocycles. The Hall–Kier alpha value is -2.51. The van der Waals surface area contributed by atoms with Crippen molar-refractivity contribution in [2.24, 2.45) is 0 Å². The topological polar surface area (TPSA) is 64.6 Å². The van der Waals surface area contributed by atoms with Crippen molar-refractivity contribution in [2.45, 2.75) is 33.0 Å². The number of carbonyl (C=O) groups excluding carboxylic acids is 1. The van der Waals surface area contributed by atoms with E-state index >= 15 is 0 Å². The van der Waals surface area contributed by atoms with Gasteiger partial charge in [-0.25, -0.2) is 9.97 Å². The first-order valence-corrected chi connectivity index (χ1v) is 10.2. The number of fused-ring (bicyclic) bond motifs is 1. The van der Waals surface area contributed by atoms with Gasteiger partial charge in [-0.3, -0.25) is 4.79 Å². The van der Waals surface area contributed by atoms with E-state index in [0.717, 1.165) is 21.3 Å². The van der Waals surface area contributed by atoms with Crippen molar-refractivity contribution in [3.05, 3.63) is 41.5 Å². The van der Waals surface area contributed by atoms with Gasteiger partial charge >= 0.3 is 0 Å². The molecule has 7 heteroatoms. The molecule has 1 saturated heterocycles. The van der Waals surface area contributed by atoms with E-state index in [1.165, 1.54) is 11.9 Å². The Balaban J connectivity index is 1.56. The van der Waals surface area contributed by atoms with Gasteiger partial charge in [0.25, 0.3) is 5.91 Å². The molecule has 0 N–H and O–H groups in total. The highest BCUT2D eigenvalue weighted by atomic mass is 32.1. The molecule has 0 unspecified atom stereocenters. The van der Waals surface area contributed by atoms with Crippen LogP contribution in [0.3, 0.4) is 0 Å². The lowest BCUT2D eigenvalue weighted by Gasteiger charge is -2.35. The zero-order valence-electron chi connectivity index (χ0n) is 16.2. The summed E-state index contributed by atoms with van der Waals surface area (Å²) in [4.78, 5) is 23.9. The smallest absolute Gasteiger partial charge is 0.260 e. The van der Waals surface area contributed by atoms with Crippen LogP contribution in [0, 0.1) is 6.92 Å². The first kappa shape index (κ1) is 18.8. The summed E-state index contributed by atoms with van der Waals surface area (Å²) in [5, 5.41) is 2.91. The number of nitrogens with zero attached hydrogens (tertiary/aromatic N) is 3. The zero-order chi connectivity index (χ0) is 19.7. The van der Waals surface area contributed by atoms with Crippen LogP contribution in [0.2, 0.25) is 0 Å². The highest BCUT2D eigenvalue weighted by molar-refractivity contribution is 7.17. The maximum absolute atomic E-state index is 12.6. The third kappa shape index (κ3) is 3.86. The van der Waals surface area contributed by atoms with E-state index in [-0.39, 0.29) is 24.7 Å². The zero-order valence-corrected chi connectivity index (χ0v) is 17.0. The molecule has 2 aromatic heterocycles. The second kappa shape index (κ2) is 7.85. The molecule has 4 rings (SSSR count). The summed E-state index contributed by atoms with van der Waals surface area (Å²) in [5.41, 5.74) is 3.31. The predicted molar refractivity (Wildman–Crippen MR) is 110 cm³/mol. The van der Waals surface area contributed by atoms with Crippen molar-refractivity contribution in [1.82, 2.24) is 14.9 Å². The number of benzene rings is 1. The van der Waals surface area contributed by atoms with Crippen molar-refractivity contribution < 1.29 is 14.3 Å². The Morgan fingerprint density at radius 2 is 1.93 bits per heavy atom. The van der Waals surface area contributed by atoms with Crippen molar-refractivity contribution in [3.8, 4) is 17.0 Å². The standard InChI is InChI=1S/C21H23N3O3S/c1-13-4-6-16(7-5-13)17-11-28-21-19(17)20(22-12-23-21)26-10-18(25)24-8-14(2)27-15(3)9-24/h4-7,11-12,14-15H,8-10H2,1-3H3/t14-,15-/m0/s1. The molecule has 1 fully saturated rings. The van der Waals surface area contributed by atoms with E-state index < -0.39 is 0 Å². The summed E-state index contributed by atoms with van der Waals surface area (Å²) < 4.78 is 11.6. The minimum atomic E-state index is -0.0547. The number of ether oxygens (including phenoxy) is 2. The first-order valence-electron chi connectivity index (χ1n) is 9.36. The van der Waals surface area contributed by atoms with Crippen LogP contribution >= 0.6 is 11.3 Å².